The van der Waals surface area contributed by atoms with E-state index >= 15 is 0 Å². The molecule has 0 unspecified atom stereocenters. The van der Waals surface area contributed by atoms with E-state index in [2.05, 4.69) is 88.4 Å². The molecule has 2 rings (SSSR count). The lowest BCUT2D eigenvalue weighted by atomic mass is 9.95. The Morgan fingerprint density at radius 2 is 0.712 bits per heavy atom. The molecular formula is C70H125N29O12. The third-order valence-electron chi connectivity index (χ3n) is 18.1. The fourth-order valence-electron chi connectivity index (χ4n) is 11.3. The highest BCUT2D eigenvalue weighted by Crippen LogP contribution is 2.21. The van der Waals surface area contributed by atoms with Gasteiger partial charge in [-0.3, -0.25) is 82.5 Å². The third kappa shape index (κ3) is 35.3. The van der Waals surface area contributed by atoms with E-state index in [0.717, 1.165) is 0 Å². The Morgan fingerprint density at radius 3 is 1.14 bits per heavy atom. The van der Waals surface area contributed by atoms with Crippen molar-refractivity contribution in [2.24, 2.45) is 123 Å². The number of amides is 12. The fraction of sp³-hybridized carbons (Fsp3) is 0.643. The predicted molar refractivity (Wildman–Crippen MR) is 424 cm³/mol. The van der Waals surface area contributed by atoms with Crippen LogP contribution in [0.15, 0.2) is 55.4 Å². The van der Waals surface area contributed by atoms with Crippen LogP contribution in [0.3, 0.4) is 0 Å². The predicted octanol–water partition coefficient (Wildman–Crippen LogP) is -6.19. The van der Waals surface area contributed by atoms with Crippen molar-refractivity contribution in [3.63, 3.8) is 0 Å². The summed E-state index contributed by atoms with van der Waals surface area (Å²) < 4.78 is 0. The molecule has 0 aliphatic heterocycles. The Kier molecular flexibility index (Phi) is 42.3. The summed E-state index contributed by atoms with van der Waals surface area (Å²) in [6.45, 7) is 18.3. The average molecular weight is 1560 g/mol. The summed E-state index contributed by atoms with van der Waals surface area (Å²) in [5, 5.41) is 30.4. The van der Waals surface area contributed by atoms with Gasteiger partial charge in [0.1, 0.15) is 72.5 Å². The molecule has 36 N–H and O–H groups in total. The average Bonchev–Trinajstić information content (AvgIpc) is 1.25. The number of rotatable bonds is 51. The van der Waals surface area contributed by atoms with E-state index in [1.165, 1.54) is 6.92 Å². The van der Waals surface area contributed by atoms with Crippen LogP contribution in [0, 0.1) is 29.6 Å². The molecule has 0 spiro atoms. The minimum atomic E-state index is -1.45. The zero-order valence-corrected chi connectivity index (χ0v) is 65.8. The summed E-state index contributed by atoms with van der Waals surface area (Å²) in [6.07, 6.45) is 2.78. The van der Waals surface area contributed by atoms with Crippen LogP contribution in [0.4, 0.5) is 0 Å². The molecule has 1 aromatic heterocycles. The molecule has 0 saturated heterocycles. The largest absolute Gasteiger partial charge is 0.370 e. The minimum Gasteiger partial charge on any atom is -0.370 e. The molecule has 12 amide bonds. The molecule has 0 radical (unpaired) electrons. The lowest BCUT2D eigenvalue weighted by Crippen LogP contribution is -2.62. The standard InChI is InChI=1S/C70H125N29O12/c1-12-37(9)52(64(110)95-49(31-40-32-87-43-21-15-14-20-41(40)43)60(106)92-46(24-18-28-85-68(77)78)57(103)90-44(54(72)100)22-16-26-83-66(73)74)98-59(105)47(25-19-29-86-69(79)80)93-63(109)51(36(7)8)96-55(101)39(11)89-62(108)50(35(5)6)97-65(111)53(38(10)13-2)99-61(107)48(30-34(3)4)94-58(104)45(23-17-27-84-67(75)76)91-56(102)42(71)33-88-70(81)82/h14-15,20-21,32,34-39,42,44-53,87H,12-13,16-19,22-31,33,71H2,1-11H3,(H2,72,100)(H,89,108)(H,90,103)(H,91,102)(H,92,106)(H,93,109)(H,94,104)(H,95,110)(H,96,101)(H,97,111)(H,98,105)(H,99,107)(H4,73,74,83)(H4,75,76,84)(H4,77,78,85)(H4,79,80,86)(H4,81,82,88)/t37-,38-,39-,42-,44-,45-,46-,47-,48-,49-,50-,51-,52-,53-/m0/s1. The van der Waals surface area contributed by atoms with Gasteiger partial charge in [-0.2, -0.15) is 0 Å². The highest BCUT2D eigenvalue weighted by atomic mass is 16.2. The van der Waals surface area contributed by atoms with Crippen LogP contribution < -0.4 is 127 Å². The number of carbonyl (C=O) groups is 12. The van der Waals surface area contributed by atoms with Crippen LogP contribution in [0.1, 0.15) is 152 Å². The molecular weight excluding hydrogens is 1440 g/mol. The van der Waals surface area contributed by atoms with Crippen molar-refractivity contribution in [1.29, 1.82) is 0 Å². The number of para-hydroxylation sites is 1. The first-order chi connectivity index (χ1) is 52.1. The number of H-pyrrole nitrogens is 1. The quantitative estimate of drug-likeness (QED) is 0.0166. The number of benzene rings is 1. The number of primary amides is 1. The normalized spacial score (nSPS) is 14.9. The van der Waals surface area contributed by atoms with Gasteiger partial charge in [-0.25, -0.2) is 0 Å². The second kappa shape index (κ2) is 49.0. The zero-order valence-electron chi connectivity index (χ0n) is 65.8. The summed E-state index contributed by atoms with van der Waals surface area (Å²) in [5.74, 6) is -13.6. The van der Waals surface area contributed by atoms with Crippen LogP contribution in [0.5, 0.6) is 0 Å². The maximum atomic E-state index is 15.0. The number of hydrogen-bond acceptors (Lipinski definition) is 18. The number of fused-ring (bicyclic) bond motifs is 1. The van der Waals surface area contributed by atoms with Crippen molar-refractivity contribution in [1.82, 2.24) is 63.5 Å². The molecule has 622 valence electrons. The molecule has 41 heteroatoms. The highest BCUT2D eigenvalue weighted by molar-refractivity contribution is 6.00. The SMILES string of the molecule is CC[C@H](C)[C@H](NC(=O)[C@H](CCCN=C(N)N)NC(=O)[C@@H](NC(=O)[C@H](C)NC(=O)[C@@H](NC(=O)[C@@H](NC(=O)[C@H](CC(C)C)NC(=O)[C@H](CCCN=C(N)N)NC(=O)[C@@H](N)CN=C(N)N)[C@@H](C)CC)C(C)C)C(C)C)C(=O)N[C@@H](Cc1c[nH]c2ccccc12)C(=O)N[C@@H](CCCN=C(N)N)C(=O)N[C@@H](CCCN=C(N)N)C(N)=O. The van der Waals surface area contributed by atoms with Gasteiger partial charge >= 0.3 is 0 Å². The van der Waals surface area contributed by atoms with E-state index < -0.39 is 167 Å². The van der Waals surface area contributed by atoms with Crippen LogP contribution >= 0.6 is 0 Å². The van der Waals surface area contributed by atoms with Gasteiger partial charge in [0, 0.05) is 49.7 Å². The molecule has 41 nitrogen and oxygen atoms in total. The molecule has 0 saturated carbocycles. The second-order valence-electron chi connectivity index (χ2n) is 28.6. The van der Waals surface area contributed by atoms with E-state index in [1.807, 2.05) is 6.07 Å². The van der Waals surface area contributed by atoms with Crippen LogP contribution in [-0.2, 0) is 64.0 Å². The van der Waals surface area contributed by atoms with Gasteiger partial charge in [-0.1, -0.05) is 100 Å². The van der Waals surface area contributed by atoms with Gasteiger partial charge in [-0.15, -0.1) is 0 Å². The first kappa shape index (κ1) is 95.8. The second-order valence-corrected chi connectivity index (χ2v) is 28.6. The van der Waals surface area contributed by atoms with Crippen molar-refractivity contribution < 1.29 is 57.5 Å². The molecule has 2 aromatic rings. The summed E-state index contributed by atoms with van der Waals surface area (Å²) in [6, 6.07) is -8.75. The molecule has 0 bridgehead atoms. The van der Waals surface area contributed by atoms with Crippen molar-refractivity contribution in [2.75, 3.05) is 32.7 Å². The number of nitrogens with two attached hydrogens (primary N) is 12. The van der Waals surface area contributed by atoms with E-state index in [9.17, 15) is 57.5 Å². The Balaban J connectivity index is 2.52. The molecule has 0 aliphatic carbocycles. The smallest absolute Gasteiger partial charge is 0.243 e. The number of carbonyl (C=O) groups excluding carboxylic acids is 12. The number of aromatic amines is 1. The summed E-state index contributed by atoms with van der Waals surface area (Å²) in [5.41, 5.74) is 68.1. The Morgan fingerprint density at radius 1 is 0.378 bits per heavy atom. The van der Waals surface area contributed by atoms with Gasteiger partial charge < -0.3 is 132 Å². The van der Waals surface area contributed by atoms with E-state index in [1.54, 1.807) is 93.6 Å². The number of nitrogens with one attached hydrogen (secondary N) is 12. The highest BCUT2D eigenvalue weighted by Gasteiger charge is 2.39. The van der Waals surface area contributed by atoms with Gasteiger partial charge in [-0.05, 0) is 106 Å². The maximum Gasteiger partial charge on any atom is 0.243 e. The van der Waals surface area contributed by atoms with Crippen LogP contribution in [0.25, 0.3) is 10.9 Å². The van der Waals surface area contributed by atoms with Gasteiger partial charge in [0.25, 0.3) is 0 Å². The zero-order chi connectivity index (χ0) is 83.9. The monoisotopic (exact) mass is 1560 g/mol. The lowest BCUT2D eigenvalue weighted by molar-refractivity contribution is -0.137. The van der Waals surface area contributed by atoms with Crippen molar-refractivity contribution in [3.8, 4) is 0 Å². The number of nitrogens with zero attached hydrogens (tertiary/aromatic N) is 5. The van der Waals surface area contributed by atoms with E-state index in [4.69, 9.17) is 68.8 Å². The number of guanidine groups is 5. The lowest BCUT2D eigenvalue weighted by Gasteiger charge is -2.31. The Bertz CT molecular complexity index is 3560. The van der Waals surface area contributed by atoms with E-state index in [0.29, 0.717) is 29.3 Å². The van der Waals surface area contributed by atoms with Crippen molar-refractivity contribution in [2.45, 2.75) is 226 Å². The number of aliphatic imine (C=N–C) groups is 5. The first-order valence-electron chi connectivity index (χ1n) is 37.3. The van der Waals surface area contributed by atoms with Gasteiger partial charge in [0.05, 0.1) is 6.54 Å². The number of aromatic nitrogens is 1. The number of hydrogen-bond donors (Lipinski definition) is 24. The minimum absolute atomic E-state index is 0.000829. The fourth-order valence-corrected chi connectivity index (χ4v) is 11.3. The van der Waals surface area contributed by atoms with Gasteiger partial charge in [0.15, 0.2) is 29.8 Å². The van der Waals surface area contributed by atoms with Crippen molar-refractivity contribution >= 4 is 112 Å². The van der Waals surface area contributed by atoms with Gasteiger partial charge in [0.2, 0.25) is 70.9 Å². The van der Waals surface area contributed by atoms with Crippen molar-refractivity contribution in [3.05, 3.63) is 36.0 Å². The molecule has 1 aromatic carbocycles. The maximum absolute atomic E-state index is 15.0. The summed E-state index contributed by atoms with van der Waals surface area (Å²) >= 11 is 0. The first-order valence-corrected chi connectivity index (χ1v) is 37.3. The Hall–Kier alpha value is -11.3. The van der Waals surface area contributed by atoms with Crippen LogP contribution in [-0.4, -0.2) is 211 Å². The summed E-state index contributed by atoms with van der Waals surface area (Å²) in [4.78, 5) is 193. The molecule has 0 fully saturated rings. The third-order valence-corrected chi connectivity index (χ3v) is 18.1. The summed E-state index contributed by atoms with van der Waals surface area (Å²) in [7, 11) is 0. The molecule has 0 aliphatic rings. The van der Waals surface area contributed by atoms with E-state index in [-0.39, 0.29) is 133 Å². The van der Waals surface area contributed by atoms with Crippen LogP contribution in [0.2, 0.25) is 0 Å². The molecule has 14 atom stereocenters. The topological polar surface area (TPSA) is 727 Å². The Labute approximate surface area is 647 Å². The molecule has 111 heavy (non-hydrogen) atoms. The molecule has 1 heterocycles.